The van der Waals surface area contributed by atoms with Crippen LogP contribution in [0.3, 0.4) is 0 Å². The molecule has 1 fully saturated rings. The number of nitrogens with two attached hydrogens (primary N) is 1. The average molecular weight is 216 g/mol. The summed E-state index contributed by atoms with van der Waals surface area (Å²) in [4.78, 5) is 0. The standard InChI is InChI=1S/C10H17N3.ClH/c1-7-5-9(13-12-7)10(2,11)6-8-3-4-8;/h5,8H,3-4,6,11H2,1-2H3,(H,12,13);1H. The van der Waals surface area contributed by atoms with Crippen LogP contribution in [0.5, 0.6) is 0 Å². The number of aromatic amines is 1. The molecule has 0 saturated heterocycles. The van der Waals surface area contributed by atoms with Gasteiger partial charge in [0.25, 0.3) is 0 Å². The number of nitrogens with zero attached hydrogens (tertiary/aromatic N) is 1. The van der Waals surface area contributed by atoms with Gasteiger partial charge in [-0.1, -0.05) is 12.8 Å². The van der Waals surface area contributed by atoms with Crippen LogP contribution in [0.25, 0.3) is 0 Å². The highest BCUT2D eigenvalue weighted by Crippen LogP contribution is 2.38. The molecule has 0 bridgehead atoms. The smallest absolute Gasteiger partial charge is 0.0820 e. The zero-order valence-corrected chi connectivity index (χ0v) is 9.53. The van der Waals surface area contributed by atoms with Crippen molar-refractivity contribution in [1.29, 1.82) is 0 Å². The molecule has 0 spiro atoms. The molecule has 1 unspecified atom stereocenters. The van der Waals surface area contributed by atoms with E-state index in [-0.39, 0.29) is 17.9 Å². The van der Waals surface area contributed by atoms with Crippen LogP contribution in [0.1, 0.15) is 37.6 Å². The van der Waals surface area contributed by atoms with Crippen molar-refractivity contribution < 1.29 is 0 Å². The summed E-state index contributed by atoms with van der Waals surface area (Å²) in [6, 6.07) is 2.04. The van der Waals surface area contributed by atoms with Crippen LogP contribution >= 0.6 is 12.4 Å². The summed E-state index contributed by atoms with van der Waals surface area (Å²) in [6.07, 6.45) is 3.75. The first kappa shape index (κ1) is 11.5. The SMILES string of the molecule is Cc1cc(C(C)(N)CC2CC2)n[nH]1.Cl. The van der Waals surface area contributed by atoms with E-state index in [4.69, 9.17) is 5.73 Å². The number of aromatic nitrogens is 2. The van der Waals surface area contributed by atoms with E-state index in [0.29, 0.717) is 0 Å². The number of hydrogen-bond donors (Lipinski definition) is 2. The van der Waals surface area contributed by atoms with E-state index in [0.717, 1.165) is 23.7 Å². The van der Waals surface area contributed by atoms with Crippen molar-refractivity contribution in [2.45, 2.75) is 38.6 Å². The van der Waals surface area contributed by atoms with Crippen LogP contribution in [-0.4, -0.2) is 10.2 Å². The summed E-state index contributed by atoms with van der Waals surface area (Å²) >= 11 is 0. The van der Waals surface area contributed by atoms with E-state index in [1.165, 1.54) is 12.8 Å². The van der Waals surface area contributed by atoms with Gasteiger partial charge in [-0.25, -0.2) is 0 Å². The van der Waals surface area contributed by atoms with Crippen molar-refractivity contribution in [2.75, 3.05) is 0 Å². The fraction of sp³-hybridized carbons (Fsp3) is 0.700. The lowest BCUT2D eigenvalue weighted by molar-refractivity contribution is 0.411. The van der Waals surface area contributed by atoms with Gasteiger partial charge in [-0.05, 0) is 32.3 Å². The van der Waals surface area contributed by atoms with Crippen LogP contribution < -0.4 is 5.73 Å². The molecule has 3 N–H and O–H groups in total. The Morgan fingerprint density at radius 3 is 2.71 bits per heavy atom. The van der Waals surface area contributed by atoms with Gasteiger partial charge in [-0.15, -0.1) is 12.4 Å². The van der Waals surface area contributed by atoms with Gasteiger partial charge in [0.05, 0.1) is 11.2 Å². The first-order valence-corrected chi connectivity index (χ1v) is 4.89. The minimum atomic E-state index is -0.244. The predicted octanol–water partition coefficient (Wildman–Crippen LogP) is 2.11. The van der Waals surface area contributed by atoms with Gasteiger partial charge >= 0.3 is 0 Å². The van der Waals surface area contributed by atoms with Crippen molar-refractivity contribution >= 4 is 12.4 Å². The molecule has 0 aromatic carbocycles. The van der Waals surface area contributed by atoms with E-state index < -0.39 is 0 Å². The quantitative estimate of drug-likeness (QED) is 0.812. The number of H-pyrrole nitrogens is 1. The monoisotopic (exact) mass is 215 g/mol. The normalized spacial score (nSPS) is 19.9. The van der Waals surface area contributed by atoms with E-state index in [1.807, 2.05) is 13.0 Å². The highest BCUT2D eigenvalue weighted by Gasteiger charge is 2.33. The molecule has 0 aliphatic heterocycles. The molecule has 1 aromatic heterocycles. The van der Waals surface area contributed by atoms with Crippen molar-refractivity contribution in [2.24, 2.45) is 11.7 Å². The Hall–Kier alpha value is -0.540. The molecular weight excluding hydrogens is 198 g/mol. The van der Waals surface area contributed by atoms with Gasteiger partial charge in [-0.3, -0.25) is 5.10 Å². The summed E-state index contributed by atoms with van der Waals surface area (Å²) in [5, 5.41) is 7.16. The zero-order valence-electron chi connectivity index (χ0n) is 8.71. The maximum absolute atomic E-state index is 6.21. The van der Waals surface area contributed by atoms with Crippen molar-refractivity contribution in [3.8, 4) is 0 Å². The molecule has 4 heteroatoms. The Morgan fingerprint density at radius 1 is 1.64 bits per heavy atom. The third kappa shape index (κ3) is 2.49. The summed E-state index contributed by atoms with van der Waals surface area (Å²) < 4.78 is 0. The minimum absolute atomic E-state index is 0. The zero-order chi connectivity index (χ0) is 9.47. The Kier molecular flexibility index (Phi) is 3.22. The van der Waals surface area contributed by atoms with Crippen LogP contribution in [0.2, 0.25) is 0 Å². The highest BCUT2D eigenvalue weighted by atomic mass is 35.5. The molecule has 2 rings (SSSR count). The summed E-state index contributed by atoms with van der Waals surface area (Å²) in [5.41, 5.74) is 8.05. The Labute approximate surface area is 90.9 Å². The molecule has 80 valence electrons. The Bertz CT molecular complexity index is 302. The molecule has 1 aliphatic carbocycles. The first-order valence-electron chi connectivity index (χ1n) is 4.89. The van der Waals surface area contributed by atoms with E-state index in [9.17, 15) is 0 Å². The molecule has 1 aliphatic rings. The van der Waals surface area contributed by atoms with Crippen molar-refractivity contribution in [3.05, 3.63) is 17.5 Å². The molecule has 1 saturated carbocycles. The van der Waals surface area contributed by atoms with Crippen molar-refractivity contribution in [3.63, 3.8) is 0 Å². The summed E-state index contributed by atoms with van der Waals surface area (Å²) in [6.45, 7) is 4.07. The maximum Gasteiger partial charge on any atom is 0.0820 e. The second kappa shape index (κ2) is 3.91. The van der Waals surface area contributed by atoms with Gasteiger partial charge in [0, 0.05) is 5.69 Å². The fourth-order valence-corrected chi connectivity index (χ4v) is 1.74. The van der Waals surface area contributed by atoms with Gasteiger partial charge in [0.2, 0.25) is 0 Å². The van der Waals surface area contributed by atoms with E-state index in [1.54, 1.807) is 0 Å². The molecule has 1 aromatic rings. The molecule has 0 radical (unpaired) electrons. The van der Waals surface area contributed by atoms with Gasteiger partial charge in [0.15, 0.2) is 0 Å². The number of aryl methyl sites for hydroxylation is 1. The van der Waals surface area contributed by atoms with Gasteiger partial charge < -0.3 is 5.73 Å². The highest BCUT2D eigenvalue weighted by molar-refractivity contribution is 5.85. The fourth-order valence-electron chi connectivity index (χ4n) is 1.74. The number of hydrogen-bond acceptors (Lipinski definition) is 2. The average Bonchev–Trinajstić information content (AvgIpc) is 2.70. The summed E-state index contributed by atoms with van der Waals surface area (Å²) in [5.74, 6) is 0.840. The second-order valence-electron chi connectivity index (χ2n) is 4.50. The van der Waals surface area contributed by atoms with E-state index in [2.05, 4.69) is 17.1 Å². The predicted molar refractivity (Wildman–Crippen MR) is 59.5 cm³/mol. The Morgan fingerprint density at radius 2 is 2.29 bits per heavy atom. The Balaban J connectivity index is 0.000000980. The first-order chi connectivity index (χ1) is 6.08. The second-order valence-corrected chi connectivity index (χ2v) is 4.50. The maximum atomic E-state index is 6.21. The number of nitrogens with one attached hydrogen (secondary N) is 1. The third-order valence-corrected chi connectivity index (χ3v) is 2.70. The lowest BCUT2D eigenvalue weighted by atomic mass is 9.92. The van der Waals surface area contributed by atoms with E-state index >= 15 is 0 Å². The number of halogens is 1. The van der Waals surface area contributed by atoms with Crippen molar-refractivity contribution in [1.82, 2.24) is 10.2 Å². The molecule has 3 nitrogen and oxygen atoms in total. The molecule has 0 amide bonds. The lowest BCUT2D eigenvalue weighted by Gasteiger charge is -2.21. The van der Waals surface area contributed by atoms with Gasteiger partial charge in [-0.2, -0.15) is 5.10 Å². The summed E-state index contributed by atoms with van der Waals surface area (Å²) in [7, 11) is 0. The lowest BCUT2D eigenvalue weighted by Crippen LogP contribution is -2.34. The van der Waals surface area contributed by atoms with Crippen LogP contribution in [-0.2, 0) is 5.54 Å². The van der Waals surface area contributed by atoms with Crippen LogP contribution in [0.15, 0.2) is 6.07 Å². The molecule has 1 heterocycles. The molecule has 14 heavy (non-hydrogen) atoms. The third-order valence-electron chi connectivity index (χ3n) is 2.70. The molecular formula is C10H18ClN3. The van der Waals surface area contributed by atoms with Crippen LogP contribution in [0, 0.1) is 12.8 Å². The minimum Gasteiger partial charge on any atom is -0.320 e. The van der Waals surface area contributed by atoms with Gasteiger partial charge in [0.1, 0.15) is 0 Å². The topological polar surface area (TPSA) is 54.7 Å². The number of rotatable bonds is 3. The largest absolute Gasteiger partial charge is 0.320 e. The van der Waals surface area contributed by atoms with Crippen LogP contribution in [0.4, 0.5) is 0 Å². The molecule has 1 atom stereocenters.